The fourth-order valence-electron chi connectivity index (χ4n) is 4.96. The number of hydrogen-bond donors (Lipinski definition) is 1. The quantitative estimate of drug-likeness (QED) is 0.624. The van der Waals surface area contributed by atoms with Gasteiger partial charge in [-0.2, -0.15) is 0 Å². The van der Waals surface area contributed by atoms with Crippen molar-refractivity contribution in [2.45, 2.75) is 76.9 Å². The highest BCUT2D eigenvalue weighted by atomic mass is 19.1. The van der Waals surface area contributed by atoms with E-state index in [9.17, 15) is 14.3 Å². The first kappa shape index (κ1) is 21.0. The third-order valence-electron chi connectivity index (χ3n) is 7.10. The van der Waals surface area contributed by atoms with Crippen molar-refractivity contribution < 1.29 is 19.0 Å². The zero-order valence-corrected chi connectivity index (χ0v) is 18.0. The van der Waals surface area contributed by atoms with Crippen LogP contribution in [0.4, 0.5) is 4.39 Å². The third-order valence-corrected chi connectivity index (χ3v) is 7.10. The molecule has 3 nitrogen and oxygen atoms in total. The van der Waals surface area contributed by atoms with Gasteiger partial charge in [0.15, 0.2) is 0 Å². The first-order valence-corrected chi connectivity index (χ1v) is 11.1. The van der Waals surface area contributed by atoms with E-state index in [1.54, 1.807) is 12.1 Å². The van der Waals surface area contributed by atoms with Crippen LogP contribution in [0.25, 0.3) is 0 Å². The molecule has 1 aliphatic carbocycles. The molecule has 160 valence electrons. The number of aliphatic hydroxyl groups excluding tert-OH is 1. The number of halogens is 1. The van der Waals surface area contributed by atoms with Crippen LogP contribution in [0.15, 0.2) is 36.4 Å². The number of rotatable bonds is 4. The van der Waals surface area contributed by atoms with Crippen molar-refractivity contribution in [1.82, 2.24) is 0 Å². The van der Waals surface area contributed by atoms with Gasteiger partial charge in [-0.3, -0.25) is 0 Å². The molecule has 3 unspecified atom stereocenters. The second kappa shape index (κ2) is 8.50. The van der Waals surface area contributed by atoms with Crippen molar-refractivity contribution in [3.63, 3.8) is 0 Å². The van der Waals surface area contributed by atoms with Crippen LogP contribution < -0.4 is 0 Å². The van der Waals surface area contributed by atoms with Crippen LogP contribution in [0.2, 0.25) is 0 Å². The summed E-state index contributed by atoms with van der Waals surface area (Å²) in [5.74, 6) is 0.203. The lowest BCUT2D eigenvalue weighted by Gasteiger charge is -2.30. The van der Waals surface area contributed by atoms with E-state index < -0.39 is 17.9 Å². The molecule has 1 aliphatic heterocycles. The van der Waals surface area contributed by atoms with Crippen molar-refractivity contribution in [1.29, 1.82) is 0 Å². The van der Waals surface area contributed by atoms with Gasteiger partial charge < -0.3 is 9.84 Å². The van der Waals surface area contributed by atoms with Gasteiger partial charge in [-0.05, 0) is 48.3 Å². The molecule has 4 heteroatoms. The molecule has 0 aromatic heterocycles. The fourth-order valence-corrected chi connectivity index (χ4v) is 4.96. The maximum absolute atomic E-state index is 14.7. The molecule has 1 saturated carbocycles. The Kier molecular flexibility index (Phi) is 5.97. The molecule has 3 atom stereocenters. The summed E-state index contributed by atoms with van der Waals surface area (Å²) in [6, 6.07) is 12.1. The van der Waals surface area contributed by atoms with Gasteiger partial charge in [-0.15, -0.1) is 0 Å². The Balaban J connectivity index is 1.50. The Morgan fingerprint density at radius 1 is 1.03 bits per heavy atom. The number of carbonyl (C=O) groups excluding carboxylic acids is 1. The number of fused-ring (bicyclic) bond motifs is 1. The summed E-state index contributed by atoms with van der Waals surface area (Å²) in [5, 5.41) is 9.72. The molecule has 1 N–H and O–H groups in total. The average molecular weight is 411 g/mol. The first-order valence-electron chi connectivity index (χ1n) is 11.1. The maximum atomic E-state index is 14.7. The number of aliphatic hydroxyl groups is 1. The largest absolute Gasteiger partial charge is 0.458 e. The molecule has 0 saturated heterocycles. The highest BCUT2D eigenvalue weighted by Crippen LogP contribution is 2.37. The van der Waals surface area contributed by atoms with Crippen molar-refractivity contribution in [2.75, 3.05) is 0 Å². The van der Waals surface area contributed by atoms with Crippen LogP contribution in [0.1, 0.15) is 97.0 Å². The van der Waals surface area contributed by atoms with E-state index in [1.165, 1.54) is 38.2 Å². The molecule has 4 rings (SSSR count). The van der Waals surface area contributed by atoms with E-state index in [-0.39, 0.29) is 23.1 Å². The zero-order valence-electron chi connectivity index (χ0n) is 18.0. The number of ether oxygens (including phenoxy) is 1. The van der Waals surface area contributed by atoms with Gasteiger partial charge in [0, 0.05) is 17.9 Å². The Morgan fingerprint density at radius 2 is 1.70 bits per heavy atom. The minimum atomic E-state index is -0.967. The Bertz CT molecular complexity index is 911. The molecule has 0 spiro atoms. The summed E-state index contributed by atoms with van der Waals surface area (Å²) in [6.45, 7) is 5.88. The van der Waals surface area contributed by atoms with Crippen molar-refractivity contribution in [3.8, 4) is 0 Å². The van der Waals surface area contributed by atoms with Gasteiger partial charge in [0.2, 0.25) is 0 Å². The number of benzene rings is 2. The van der Waals surface area contributed by atoms with Crippen molar-refractivity contribution >= 4 is 5.97 Å². The second-order valence-electron chi connectivity index (χ2n) is 9.24. The number of esters is 1. The van der Waals surface area contributed by atoms with Gasteiger partial charge in [0.05, 0.1) is 11.7 Å². The molecule has 2 aliphatic rings. The highest BCUT2D eigenvalue weighted by molar-refractivity contribution is 5.93. The van der Waals surface area contributed by atoms with Gasteiger partial charge >= 0.3 is 5.97 Å². The summed E-state index contributed by atoms with van der Waals surface area (Å²) in [4.78, 5) is 12.6. The average Bonchev–Trinajstić information content (AvgIpc) is 2.73. The Labute approximate surface area is 178 Å². The van der Waals surface area contributed by atoms with Crippen LogP contribution in [0.5, 0.6) is 0 Å². The molecule has 1 heterocycles. The van der Waals surface area contributed by atoms with Crippen LogP contribution >= 0.6 is 0 Å². The van der Waals surface area contributed by atoms with E-state index in [0.717, 1.165) is 11.5 Å². The van der Waals surface area contributed by atoms with Gasteiger partial charge in [-0.1, -0.05) is 63.1 Å². The lowest BCUT2D eigenvalue weighted by Crippen LogP contribution is -2.33. The number of cyclic esters (lactones) is 1. The van der Waals surface area contributed by atoms with E-state index >= 15 is 0 Å². The SMILES string of the molecule is CC1CCC(c2ccc(C(C)C3Cc4ccc(C(C)O)c(F)c4C(=O)O3)cc2)CC1. The summed E-state index contributed by atoms with van der Waals surface area (Å²) < 4.78 is 20.3. The maximum Gasteiger partial charge on any atom is 0.341 e. The molecular formula is C26H31FO3. The minimum Gasteiger partial charge on any atom is -0.458 e. The normalized spacial score (nSPS) is 25.9. The summed E-state index contributed by atoms with van der Waals surface area (Å²) >= 11 is 0. The monoisotopic (exact) mass is 410 g/mol. The number of carbonyl (C=O) groups is 1. The molecule has 2 aromatic carbocycles. The van der Waals surface area contributed by atoms with Crippen molar-refractivity contribution in [2.24, 2.45) is 5.92 Å². The summed E-state index contributed by atoms with van der Waals surface area (Å²) in [5.41, 5.74) is 3.28. The molecule has 0 bridgehead atoms. The van der Waals surface area contributed by atoms with E-state index in [4.69, 9.17) is 4.74 Å². The second-order valence-corrected chi connectivity index (χ2v) is 9.24. The molecule has 30 heavy (non-hydrogen) atoms. The van der Waals surface area contributed by atoms with Gasteiger partial charge in [0.25, 0.3) is 0 Å². The molecule has 2 aromatic rings. The zero-order chi connectivity index (χ0) is 21.4. The molecule has 0 radical (unpaired) electrons. The Morgan fingerprint density at radius 3 is 2.33 bits per heavy atom. The summed E-state index contributed by atoms with van der Waals surface area (Å²) in [6.07, 6.45) is 4.29. The lowest BCUT2D eigenvalue weighted by molar-refractivity contribution is 0.0193. The summed E-state index contributed by atoms with van der Waals surface area (Å²) in [7, 11) is 0. The molecular weight excluding hydrogens is 379 g/mol. The van der Waals surface area contributed by atoms with Gasteiger partial charge in [-0.25, -0.2) is 9.18 Å². The predicted molar refractivity (Wildman–Crippen MR) is 115 cm³/mol. The highest BCUT2D eigenvalue weighted by Gasteiger charge is 2.34. The fraction of sp³-hybridized carbons (Fsp3) is 0.500. The van der Waals surface area contributed by atoms with Crippen molar-refractivity contribution in [3.05, 3.63) is 70.0 Å². The first-order chi connectivity index (χ1) is 14.3. The molecule has 0 amide bonds. The standard InChI is InChI=1S/C26H31FO3/c1-15-4-6-19(7-5-15)20-10-8-18(9-11-20)16(2)23-14-21-12-13-22(17(3)28)25(27)24(21)26(29)30-23/h8-13,15-17,19,23,28H,4-7,14H2,1-3H3. The third kappa shape index (κ3) is 4.02. The van der Waals surface area contributed by atoms with Crippen LogP contribution in [0.3, 0.4) is 0 Å². The number of hydrogen-bond acceptors (Lipinski definition) is 3. The van der Waals surface area contributed by atoms with Crippen LogP contribution in [-0.4, -0.2) is 17.2 Å². The minimum absolute atomic E-state index is 0.0158. The van der Waals surface area contributed by atoms with E-state index in [1.807, 2.05) is 0 Å². The molecule has 1 fully saturated rings. The van der Waals surface area contributed by atoms with Gasteiger partial charge in [0.1, 0.15) is 11.9 Å². The van der Waals surface area contributed by atoms with Crippen LogP contribution in [-0.2, 0) is 11.2 Å². The van der Waals surface area contributed by atoms with E-state index in [0.29, 0.717) is 17.9 Å². The predicted octanol–water partition coefficient (Wildman–Crippen LogP) is 6.06. The topological polar surface area (TPSA) is 46.5 Å². The lowest BCUT2D eigenvalue weighted by atomic mass is 9.79. The van der Waals surface area contributed by atoms with E-state index in [2.05, 4.69) is 38.1 Å². The smallest absolute Gasteiger partial charge is 0.341 e. The van der Waals surface area contributed by atoms with Crippen LogP contribution in [0, 0.1) is 11.7 Å². The Hall–Kier alpha value is -2.20.